The van der Waals surface area contributed by atoms with Crippen molar-refractivity contribution in [2.75, 3.05) is 0 Å². The number of nitriles is 1. The topological polar surface area (TPSA) is 23.8 Å². The summed E-state index contributed by atoms with van der Waals surface area (Å²) in [6, 6.07) is 2.03. The third kappa shape index (κ3) is 1.70. The van der Waals surface area contributed by atoms with Crippen LogP contribution in [0.5, 0.6) is 0 Å². The second-order valence-corrected chi connectivity index (χ2v) is 3.04. The van der Waals surface area contributed by atoms with Gasteiger partial charge in [0.15, 0.2) is 0 Å². The minimum absolute atomic E-state index is 0.0185. The Balaban J connectivity index is 2.35. The average molecular weight is 141 g/mol. The smallest absolute Gasteiger partial charge is 0.101 e. The molecule has 1 saturated carbocycles. The number of hydrogen-bond acceptors (Lipinski definition) is 1. The fourth-order valence-corrected chi connectivity index (χ4v) is 1.33. The maximum atomic E-state index is 12.7. The lowest BCUT2D eigenvalue weighted by atomic mass is 9.96. The molecule has 2 unspecified atom stereocenters. The molecule has 56 valence electrons. The Kier molecular flexibility index (Phi) is 2.26. The molecule has 0 amide bonds. The van der Waals surface area contributed by atoms with Gasteiger partial charge >= 0.3 is 0 Å². The predicted molar refractivity (Wildman–Crippen MR) is 37.0 cm³/mol. The number of nitrogens with zero attached hydrogens (tertiary/aromatic N) is 1. The van der Waals surface area contributed by atoms with Crippen LogP contribution in [0, 0.1) is 23.2 Å². The summed E-state index contributed by atoms with van der Waals surface area (Å²) >= 11 is 0. The second kappa shape index (κ2) is 3.01. The van der Waals surface area contributed by atoms with Gasteiger partial charge in [-0.3, -0.25) is 0 Å². The van der Waals surface area contributed by atoms with Crippen LogP contribution in [0.25, 0.3) is 0 Å². The van der Waals surface area contributed by atoms with Gasteiger partial charge < -0.3 is 0 Å². The van der Waals surface area contributed by atoms with E-state index in [1.807, 2.05) is 6.07 Å². The lowest BCUT2D eigenvalue weighted by Gasteiger charge is -2.12. The predicted octanol–water partition coefficient (Wildman–Crippen LogP) is 2.28. The van der Waals surface area contributed by atoms with Gasteiger partial charge in [-0.25, -0.2) is 4.39 Å². The first-order valence-corrected chi connectivity index (χ1v) is 3.76. The van der Waals surface area contributed by atoms with Crippen LogP contribution in [0.2, 0.25) is 0 Å². The lowest BCUT2D eigenvalue weighted by Crippen LogP contribution is -2.13. The molecule has 1 nitrogen and oxygen atoms in total. The largest absolute Gasteiger partial charge is 0.247 e. The van der Waals surface area contributed by atoms with Gasteiger partial charge in [-0.05, 0) is 25.7 Å². The van der Waals surface area contributed by atoms with Gasteiger partial charge in [0, 0.05) is 12.3 Å². The minimum Gasteiger partial charge on any atom is -0.247 e. The van der Waals surface area contributed by atoms with Crippen LogP contribution in [-0.2, 0) is 0 Å². The molecule has 2 heteroatoms. The van der Waals surface area contributed by atoms with E-state index >= 15 is 0 Å². The lowest BCUT2D eigenvalue weighted by molar-refractivity contribution is 0.228. The van der Waals surface area contributed by atoms with Gasteiger partial charge in [0.1, 0.15) is 6.17 Å². The molecule has 0 heterocycles. The first-order chi connectivity index (χ1) is 4.75. The standard InChI is InChI=1S/C8H12FN/c1-6(9)8(4-5-10)7-2-3-7/h6-8H,2-4H2,1H3. The van der Waals surface area contributed by atoms with Crippen molar-refractivity contribution in [2.45, 2.75) is 32.4 Å². The molecule has 2 atom stereocenters. The quantitative estimate of drug-likeness (QED) is 0.591. The molecule has 0 aromatic rings. The molecule has 0 N–H and O–H groups in total. The van der Waals surface area contributed by atoms with E-state index in [4.69, 9.17) is 5.26 Å². The van der Waals surface area contributed by atoms with Gasteiger partial charge in [-0.2, -0.15) is 5.26 Å². The van der Waals surface area contributed by atoms with Crippen molar-refractivity contribution in [3.8, 4) is 6.07 Å². The molecule has 0 aliphatic heterocycles. The van der Waals surface area contributed by atoms with E-state index in [9.17, 15) is 4.39 Å². The summed E-state index contributed by atoms with van der Waals surface area (Å²) in [7, 11) is 0. The van der Waals surface area contributed by atoms with E-state index in [0.29, 0.717) is 12.3 Å². The van der Waals surface area contributed by atoms with Crippen molar-refractivity contribution in [1.82, 2.24) is 0 Å². The summed E-state index contributed by atoms with van der Waals surface area (Å²) in [6.45, 7) is 1.56. The van der Waals surface area contributed by atoms with Crippen molar-refractivity contribution >= 4 is 0 Å². The average Bonchev–Trinajstić information content (AvgIpc) is 2.63. The summed E-state index contributed by atoms with van der Waals surface area (Å²) in [5.41, 5.74) is 0. The minimum atomic E-state index is -0.799. The number of alkyl halides is 1. The second-order valence-electron chi connectivity index (χ2n) is 3.04. The molecule has 0 bridgehead atoms. The molecule has 0 aromatic carbocycles. The molecular weight excluding hydrogens is 129 g/mol. The molecular formula is C8H12FN. The summed E-state index contributed by atoms with van der Waals surface area (Å²) in [6.07, 6.45) is 1.84. The van der Waals surface area contributed by atoms with Crippen LogP contribution in [0.3, 0.4) is 0 Å². The highest BCUT2D eigenvalue weighted by atomic mass is 19.1. The van der Waals surface area contributed by atoms with Crippen LogP contribution in [0.4, 0.5) is 4.39 Å². The molecule has 10 heavy (non-hydrogen) atoms. The highest BCUT2D eigenvalue weighted by molar-refractivity contribution is 4.89. The fraction of sp³-hybridized carbons (Fsp3) is 0.875. The van der Waals surface area contributed by atoms with E-state index in [1.165, 1.54) is 0 Å². The zero-order valence-corrected chi connectivity index (χ0v) is 6.18. The van der Waals surface area contributed by atoms with Gasteiger partial charge in [-0.15, -0.1) is 0 Å². The van der Waals surface area contributed by atoms with Crippen LogP contribution in [0.15, 0.2) is 0 Å². The highest BCUT2D eigenvalue weighted by Gasteiger charge is 2.34. The molecule has 1 aliphatic carbocycles. The van der Waals surface area contributed by atoms with Gasteiger partial charge in [-0.1, -0.05) is 0 Å². The van der Waals surface area contributed by atoms with Crippen LogP contribution in [-0.4, -0.2) is 6.17 Å². The summed E-state index contributed by atoms with van der Waals surface area (Å²) in [4.78, 5) is 0. The maximum absolute atomic E-state index is 12.7. The fourth-order valence-electron chi connectivity index (χ4n) is 1.33. The normalized spacial score (nSPS) is 23.3. The van der Waals surface area contributed by atoms with Crippen molar-refractivity contribution in [3.05, 3.63) is 0 Å². The molecule has 0 saturated heterocycles. The summed E-state index contributed by atoms with van der Waals surface area (Å²) in [5.74, 6) is 0.532. The van der Waals surface area contributed by atoms with Gasteiger partial charge in [0.2, 0.25) is 0 Å². The Morgan fingerprint density at radius 2 is 2.30 bits per heavy atom. The molecule has 1 rings (SSSR count). The maximum Gasteiger partial charge on any atom is 0.101 e. The van der Waals surface area contributed by atoms with E-state index in [2.05, 4.69) is 0 Å². The van der Waals surface area contributed by atoms with Gasteiger partial charge in [0.05, 0.1) is 6.07 Å². The van der Waals surface area contributed by atoms with Crippen LogP contribution < -0.4 is 0 Å². The Bertz CT molecular complexity index is 142. The Hall–Kier alpha value is -0.580. The summed E-state index contributed by atoms with van der Waals surface area (Å²) in [5, 5.41) is 8.35. The molecule has 1 fully saturated rings. The van der Waals surface area contributed by atoms with E-state index in [1.54, 1.807) is 6.92 Å². The van der Waals surface area contributed by atoms with Gasteiger partial charge in [0.25, 0.3) is 0 Å². The Labute approximate surface area is 60.8 Å². The number of rotatable bonds is 3. The Morgan fingerprint density at radius 3 is 2.60 bits per heavy atom. The number of halogens is 1. The zero-order valence-electron chi connectivity index (χ0n) is 6.18. The summed E-state index contributed by atoms with van der Waals surface area (Å²) < 4.78 is 12.7. The molecule has 0 radical (unpaired) electrons. The zero-order chi connectivity index (χ0) is 7.56. The van der Waals surface area contributed by atoms with E-state index in [0.717, 1.165) is 12.8 Å². The van der Waals surface area contributed by atoms with E-state index in [-0.39, 0.29) is 5.92 Å². The van der Waals surface area contributed by atoms with Crippen molar-refractivity contribution < 1.29 is 4.39 Å². The van der Waals surface area contributed by atoms with Crippen molar-refractivity contribution in [3.63, 3.8) is 0 Å². The Morgan fingerprint density at radius 1 is 1.70 bits per heavy atom. The first-order valence-electron chi connectivity index (χ1n) is 3.76. The monoisotopic (exact) mass is 141 g/mol. The van der Waals surface area contributed by atoms with Crippen LogP contribution in [0.1, 0.15) is 26.2 Å². The molecule has 0 aromatic heterocycles. The number of hydrogen-bond donors (Lipinski definition) is 0. The third-order valence-electron chi connectivity index (χ3n) is 2.14. The van der Waals surface area contributed by atoms with Crippen molar-refractivity contribution in [2.24, 2.45) is 11.8 Å². The SMILES string of the molecule is CC(F)C(CC#N)C1CC1. The van der Waals surface area contributed by atoms with Crippen molar-refractivity contribution in [1.29, 1.82) is 5.26 Å². The van der Waals surface area contributed by atoms with E-state index < -0.39 is 6.17 Å². The molecule has 1 aliphatic rings. The molecule has 0 spiro atoms. The third-order valence-corrected chi connectivity index (χ3v) is 2.14. The van der Waals surface area contributed by atoms with Crippen LogP contribution >= 0.6 is 0 Å². The highest BCUT2D eigenvalue weighted by Crippen LogP contribution is 2.40. The first kappa shape index (κ1) is 7.53.